The van der Waals surface area contributed by atoms with Crippen LogP contribution in [0.3, 0.4) is 0 Å². The predicted octanol–water partition coefficient (Wildman–Crippen LogP) is 2.00. The van der Waals surface area contributed by atoms with Crippen LogP contribution in [0.4, 0.5) is 0 Å². The van der Waals surface area contributed by atoms with E-state index in [0.717, 1.165) is 19.3 Å². The summed E-state index contributed by atoms with van der Waals surface area (Å²) in [5.74, 6) is 0.283. The van der Waals surface area contributed by atoms with E-state index in [9.17, 15) is 8.42 Å². The lowest BCUT2D eigenvalue weighted by molar-refractivity contribution is 0.565. The van der Waals surface area contributed by atoms with Crippen molar-refractivity contribution in [3.8, 4) is 0 Å². The largest absolute Gasteiger partial charge is 0.229 e. The first-order valence-corrected chi connectivity index (χ1v) is 6.01. The van der Waals surface area contributed by atoms with Crippen molar-refractivity contribution in [3.05, 3.63) is 0 Å². The Morgan fingerprint density at radius 3 is 2.00 bits per heavy atom. The molecule has 0 fully saturated rings. The van der Waals surface area contributed by atoms with E-state index in [1.165, 1.54) is 0 Å². The zero-order valence-electron chi connectivity index (χ0n) is 7.63. The van der Waals surface area contributed by atoms with Crippen molar-refractivity contribution in [2.75, 3.05) is 5.75 Å². The van der Waals surface area contributed by atoms with E-state index in [1.807, 2.05) is 13.8 Å². The van der Waals surface area contributed by atoms with Gasteiger partial charge in [0.15, 0.2) is 9.84 Å². The molecule has 0 N–H and O–H groups in total. The first-order valence-electron chi connectivity index (χ1n) is 4.30. The standard InChI is InChI=1S/C8H18O2S/c1-4-7-8(5-2)11(9,10)6-3/h8H,4-7H2,1-3H3. The lowest BCUT2D eigenvalue weighted by Crippen LogP contribution is -2.21. The third kappa shape index (κ3) is 3.23. The lowest BCUT2D eigenvalue weighted by atomic mass is 10.2. The van der Waals surface area contributed by atoms with E-state index >= 15 is 0 Å². The highest BCUT2D eigenvalue weighted by atomic mass is 32.2. The fourth-order valence-electron chi connectivity index (χ4n) is 1.20. The molecule has 0 saturated heterocycles. The normalized spacial score (nSPS) is 14.8. The lowest BCUT2D eigenvalue weighted by Gasteiger charge is -2.12. The third-order valence-corrected chi connectivity index (χ3v) is 4.37. The average molecular weight is 178 g/mol. The van der Waals surface area contributed by atoms with Crippen LogP contribution in [0.5, 0.6) is 0 Å². The van der Waals surface area contributed by atoms with Gasteiger partial charge in [-0.1, -0.05) is 27.2 Å². The van der Waals surface area contributed by atoms with Gasteiger partial charge in [0.2, 0.25) is 0 Å². The van der Waals surface area contributed by atoms with Gasteiger partial charge in [0.25, 0.3) is 0 Å². The minimum absolute atomic E-state index is 0.0995. The second kappa shape index (κ2) is 4.75. The summed E-state index contributed by atoms with van der Waals surface area (Å²) in [6, 6.07) is 0. The van der Waals surface area contributed by atoms with Gasteiger partial charge < -0.3 is 0 Å². The molecule has 0 heterocycles. The Balaban J connectivity index is 4.25. The molecule has 0 amide bonds. The highest BCUT2D eigenvalue weighted by molar-refractivity contribution is 7.91. The van der Waals surface area contributed by atoms with Crippen molar-refractivity contribution in [2.24, 2.45) is 0 Å². The van der Waals surface area contributed by atoms with Crippen LogP contribution in [0.15, 0.2) is 0 Å². The van der Waals surface area contributed by atoms with Crippen LogP contribution in [-0.2, 0) is 9.84 Å². The Hall–Kier alpha value is -0.0500. The molecule has 11 heavy (non-hydrogen) atoms. The summed E-state index contributed by atoms with van der Waals surface area (Å²) in [5, 5.41) is -0.0995. The van der Waals surface area contributed by atoms with Gasteiger partial charge in [0, 0.05) is 5.75 Å². The molecule has 68 valence electrons. The number of hydrogen-bond donors (Lipinski definition) is 0. The van der Waals surface area contributed by atoms with Gasteiger partial charge in [0.05, 0.1) is 5.25 Å². The van der Waals surface area contributed by atoms with Gasteiger partial charge in [0.1, 0.15) is 0 Å². The van der Waals surface area contributed by atoms with E-state index in [-0.39, 0.29) is 11.0 Å². The topological polar surface area (TPSA) is 34.1 Å². The van der Waals surface area contributed by atoms with Gasteiger partial charge in [-0.05, 0) is 12.8 Å². The summed E-state index contributed by atoms with van der Waals surface area (Å²) in [7, 11) is -2.77. The van der Waals surface area contributed by atoms with Gasteiger partial charge >= 0.3 is 0 Å². The predicted molar refractivity (Wildman–Crippen MR) is 48.4 cm³/mol. The van der Waals surface area contributed by atoms with E-state index in [2.05, 4.69) is 0 Å². The Morgan fingerprint density at radius 1 is 1.18 bits per heavy atom. The van der Waals surface area contributed by atoms with Gasteiger partial charge in [-0.3, -0.25) is 0 Å². The van der Waals surface area contributed by atoms with Crippen LogP contribution in [-0.4, -0.2) is 19.4 Å². The van der Waals surface area contributed by atoms with Gasteiger partial charge in [-0.2, -0.15) is 0 Å². The molecule has 0 spiro atoms. The highest BCUT2D eigenvalue weighted by Crippen LogP contribution is 2.12. The van der Waals surface area contributed by atoms with Crippen molar-refractivity contribution in [3.63, 3.8) is 0 Å². The van der Waals surface area contributed by atoms with Crippen molar-refractivity contribution < 1.29 is 8.42 Å². The van der Waals surface area contributed by atoms with Crippen LogP contribution in [0, 0.1) is 0 Å². The molecule has 0 saturated carbocycles. The average Bonchev–Trinajstić information content (AvgIpc) is 2.00. The first-order chi connectivity index (χ1) is 5.08. The van der Waals surface area contributed by atoms with Crippen LogP contribution in [0.25, 0.3) is 0 Å². The molecule has 0 aliphatic heterocycles. The van der Waals surface area contributed by atoms with Crippen molar-refractivity contribution >= 4 is 9.84 Å². The molecule has 1 atom stereocenters. The van der Waals surface area contributed by atoms with Gasteiger partial charge in [-0.25, -0.2) is 8.42 Å². The smallest absolute Gasteiger partial charge is 0.152 e. The number of rotatable bonds is 5. The van der Waals surface area contributed by atoms with Crippen molar-refractivity contribution in [2.45, 2.75) is 45.3 Å². The molecule has 0 aromatic rings. The SMILES string of the molecule is CCCC(CC)S(=O)(=O)CC. The molecule has 0 radical (unpaired) electrons. The minimum Gasteiger partial charge on any atom is -0.229 e. The summed E-state index contributed by atoms with van der Waals surface area (Å²) in [4.78, 5) is 0. The number of sulfone groups is 1. The molecule has 1 unspecified atom stereocenters. The fourth-order valence-corrected chi connectivity index (χ4v) is 2.77. The Bertz CT molecular complexity index is 182. The molecule has 0 aliphatic carbocycles. The zero-order chi connectivity index (χ0) is 8.91. The van der Waals surface area contributed by atoms with Crippen LogP contribution < -0.4 is 0 Å². The maximum Gasteiger partial charge on any atom is 0.152 e. The molecular weight excluding hydrogens is 160 g/mol. The molecule has 3 heteroatoms. The van der Waals surface area contributed by atoms with Crippen LogP contribution in [0.1, 0.15) is 40.0 Å². The Morgan fingerprint density at radius 2 is 1.73 bits per heavy atom. The van der Waals surface area contributed by atoms with Crippen LogP contribution in [0.2, 0.25) is 0 Å². The highest BCUT2D eigenvalue weighted by Gasteiger charge is 2.19. The van der Waals surface area contributed by atoms with Crippen LogP contribution >= 0.6 is 0 Å². The zero-order valence-corrected chi connectivity index (χ0v) is 8.45. The molecule has 0 aromatic carbocycles. The quantitative estimate of drug-likeness (QED) is 0.645. The maximum absolute atomic E-state index is 11.3. The third-order valence-electron chi connectivity index (χ3n) is 1.98. The van der Waals surface area contributed by atoms with E-state index in [1.54, 1.807) is 6.92 Å². The molecule has 2 nitrogen and oxygen atoms in total. The monoisotopic (exact) mass is 178 g/mol. The summed E-state index contributed by atoms with van der Waals surface area (Å²) in [5.41, 5.74) is 0. The molecule has 0 bridgehead atoms. The minimum atomic E-state index is -2.77. The summed E-state index contributed by atoms with van der Waals surface area (Å²) in [6.07, 6.45) is 2.52. The maximum atomic E-state index is 11.3. The number of hydrogen-bond acceptors (Lipinski definition) is 2. The molecule has 0 aromatic heterocycles. The second-order valence-electron chi connectivity index (χ2n) is 2.77. The Kier molecular flexibility index (Phi) is 4.73. The first kappa shape index (κ1) is 11.0. The summed E-state index contributed by atoms with van der Waals surface area (Å²) in [6.45, 7) is 5.68. The van der Waals surface area contributed by atoms with E-state index in [0.29, 0.717) is 0 Å². The fraction of sp³-hybridized carbons (Fsp3) is 1.00. The molecular formula is C8H18O2S. The van der Waals surface area contributed by atoms with Crippen molar-refractivity contribution in [1.29, 1.82) is 0 Å². The Labute approximate surface area is 69.9 Å². The summed E-state index contributed by atoms with van der Waals surface area (Å²) < 4.78 is 22.6. The van der Waals surface area contributed by atoms with Gasteiger partial charge in [-0.15, -0.1) is 0 Å². The summed E-state index contributed by atoms with van der Waals surface area (Å²) >= 11 is 0. The van der Waals surface area contributed by atoms with E-state index < -0.39 is 9.84 Å². The van der Waals surface area contributed by atoms with E-state index in [4.69, 9.17) is 0 Å². The second-order valence-corrected chi connectivity index (χ2v) is 5.34. The van der Waals surface area contributed by atoms with Crippen molar-refractivity contribution in [1.82, 2.24) is 0 Å². The molecule has 0 aliphatic rings. The molecule has 0 rings (SSSR count).